The van der Waals surface area contributed by atoms with Crippen molar-refractivity contribution in [3.63, 3.8) is 0 Å². The van der Waals surface area contributed by atoms with E-state index in [1.54, 1.807) is 20.8 Å². The number of rotatable bonds is 5. The fourth-order valence-electron chi connectivity index (χ4n) is 2.04. The maximum absolute atomic E-state index is 12.0. The zero-order chi connectivity index (χ0) is 17.0. The molecule has 3 N–H and O–H groups in total. The molecule has 0 spiro atoms. The molecule has 2 aromatic rings. The van der Waals surface area contributed by atoms with Crippen molar-refractivity contribution in [2.24, 2.45) is 5.92 Å². The molecule has 1 aromatic carbocycles. The Morgan fingerprint density at radius 3 is 2.52 bits per heavy atom. The van der Waals surface area contributed by atoms with E-state index in [4.69, 9.17) is 5.73 Å². The zero-order valence-corrected chi connectivity index (χ0v) is 13.5. The van der Waals surface area contributed by atoms with Crippen molar-refractivity contribution in [2.45, 2.75) is 33.4 Å². The number of nitrogens with two attached hydrogens (primary N) is 1. The number of hydrogen-bond donors (Lipinski definition) is 2. The molecule has 2 rings (SSSR count). The molecule has 0 aliphatic heterocycles. The molecule has 1 heterocycles. The second-order valence-corrected chi connectivity index (χ2v) is 5.69. The summed E-state index contributed by atoms with van der Waals surface area (Å²) in [6.45, 7) is 5.67. The lowest BCUT2D eigenvalue weighted by Crippen LogP contribution is -2.35. The highest BCUT2D eigenvalue weighted by molar-refractivity contribution is 5.78. The summed E-state index contributed by atoms with van der Waals surface area (Å²) in [6, 6.07) is 9.07. The molecular weight excluding hydrogens is 294 g/mol. The fourth-order valence-corrected chi connectivity index (χ4v) is 2.04. The van der Waals surface area contributed by atoms with Crippen LogP contribution in [0.5, 0.6) is 0 Å². The number of hydrogen-bond acceptors (Lipinski definition) is 5. The van der Waals surface area contributed by atoms with E-state index in [-0.39, 0.29) is 23.5 Å². The summed E-state index contributed by atoms with van der Waals surface area (Å²) in [4.78, 5) is 27.6. The maximum Gasteiger partial charge on any atom is 0.298 e. The number of nitrogens with one attached hydrogen (secondary N) is 1. The Morgan fingerprint density at radius 2 is 1.91 bits per heavy atom. The number of carbonyl (C=O) groups is 1. The number of carbonyl (C=O) groups excluding carboxylic acids is 1. The largest absolute Gasteiger partial charge is 0.368 e. The Hall–Kier alpha value is -2.70. The predicted molar refractivity (Wildman–Crippen MR) is 87.6 cm³/mol. The lowest BCUT2D eigenvalue weighted by Gasteiger charge is -2.16. The fraction of sp³-hybridized carbons (Fsp3) is 0.375. The summed E-state index contributed by atoms with van der Waals surface area (Å²) in [5.74, 6) is -0.277. The summed E-state index contributed by atoms with van der Waals surface area (Å²) in [5, 5.41) is 7.03. The molecule has 23 heavy (non-hydrogen) atoms. The van der Waals surface area contributed by atoms with Crippen molar-refractivity contribution in [3.8, 4) is 0 Å². The molecular formula is C16H21N5O2. The topological polar surface area (TPSA) is 103 Å². The van der Waals surface area contributed by atoms with E-state index >= 15 is 0 Å². The third-order valence-electron chi connectivity index (χ3n) is 3.40. The van der Waals surface area contributed by atoms with Gasteiger partial charge in [-0.1, -0.05) is 44.2 Å². The highest BCUT2D eigenvalue weighted by Gasteiger charge is 2.18. The lowest BCUT2D eigenvalue weighted by molar-refractivity contribution is -0.124. The number of nitrogen functional groups attached to an aromatic ring is 1. The summed E-state index contributed by atoms with van der Waals surface area (Å²) in [7, 11) is 0. The van der Waals surface area contributed by atoms with E-state index in [0.717, 1.165) is 5.56 Å². The first-order chi connectivity index (χ1) is 10.9. The van der Waals surface area contributed by atoms with Gasteiger partial charge in [-0.3, -0.25) is 9.59 Å². The summed E-state index contributed by atoms with van der Waals surface area (Å²) in [5.41, 5.74) is 6.42. The Kier molecular flexibility index (Phi) is 5.10. The van der Waals surface area contributed by atoms with Gasteiger partial charge in [0.1, 0.15) is 0 Å². The Balaban J connectivity index is 2.29. The van der Waals surface area contributed by atoms with Crippen LogP contribution in [0, 0.1) is 5.92 Å². The van der Waals surface area contributed by atoms with Gasteiger partial charge in [0, 0.05) is 5.92 Å². The van der Waals surface area contributed by atoms with E-state index in [1.807, 2.05) is 30.3 Å². The first-order valence-corrected chi connectivity index (χ1v) is 7.47. The van der Waals surface area contributed by atoms with Crippen LogP contribution in [0.1, 0.15) is 38.1 Å². The molecule has 0 aliphatic carbocycles. The van der Waals surface area contributed by atoms with Gasteiger partial charge in [0.05, 0.1) is 12.6 Å². The van der Waals surface area contributed by atoms with Crippen LogP contribution >= 0.6 is 0 Å². The van der Waals surface area contributed by atoms with Crippen molar-refractivity contribution in [2.75, 3.05) is 5.73 Å². The summed E-state index contributed by atoms with van der Waals surface area (Å²) in [6.07, 6.45) is 0. The van der Waals surface area contributed by atoms with Gasteiger partial charge in [-0.05, 0) is 12.5 Å². The van der Waals surface area contributed by atoms with Gasteiger partial charge in [-0.25, -0.2) is 4.68 Å². The molecule has 0 radical (unpaired) electrons. The Morgan fingerprint density at radius 1 is 1.26 bits per heavy atom. The van der Waals surface area contributed by atoms with Gasteiger partial charge in [-0.15, -0.1) is 0 Å². The predicted octanol–water partition coefficient (Wildman–Crippen LogP) is 1.10. The van der Waals surface area contributed by atoms with Crippen LogP contribution in [0.3, 0.4) is 0 Å². The smallest absolute Gasteiger partial charge is 0.298 e. The van der Waals surface area contributed by atoms with Crippen molar-refractivity contribution in [1.82, 2.24) is 20.1 Å². The summed E-state index contributed by atoms with van der Waals surface area (Å²) < 4.78 is 1.46. The first-order valence-electron chi connectivity index (χ1n) is 7.47. The van der Waals surface area contributed by atoms with E-state index in [0.29, 0.717) is 6.54 Å². The molecule has 0 saturated carbocycles. The molecule has 0 aliphatic rings. The van der Waals surface area contributed by atoms with E-state index in [9.17, 15) is 9.59 Å². The molecule has 1 atom stereocenters. The van der Waals surface area contributed by atoms with Gasteiger partial charge in [0.25, 0.3) is 5.56 Å². The van der Waals surface area contributed by atoms with Crippen LogP contribution in [0.4, 0.5) is 5.95 Å². The highest BCUT2D eigenvalue weighted by Crippen LogP contribution is 2.08. The third-order valence-corrected chi connectivity index (χ3v) is 3.40. The average molecular weight is 315 g/mol. The molecule has 7 heteroatoms. The van der Waals surface area contributed by atoms with Gasteiger partial charge in [0.15, 0.2) is 5.69 Å². The third kappa shape index (κ3) is 4.15. The number of benzene rings is 1. The number of amides is 1. The second kappa shape index (κ2) is 7.04. The van der Waals surface area contributed by atoms with Gasteiger partial charge >= 0.3 is 0 Å². The number of anilines is 1. The van der Waals surface area contributed by atoms with Crippen molar-refractivity contribution >= 4 is 11.9 Å². The van der Waals surface area contributed by atoms with Gasteiger partial charge in [-0.2, -0.15) is 10.1 Å². The van der Waals surface area contributed by atoms with Crippen LogP contribution in [0.25, 0.3) is 0 Å². The molecule has 1 amide bonds. The van der Waals surface area contributed by atoms with Crippen LogP contribution in [-0.4, -0.2) is 20.7 Å². The minimum absolute atomic E-state index is 0.0463. The Bertz CT molecular complexity index is 740. The Labute approximate surface area is 134 Å². The monoisotopic (exact) mass is 315 g/mol. The first kappa shape index (κ1) is 16.7. The quantitative estimate of drug-likeness (QED) is 0.860. The van der Waals surface area contributed by atoms with Crippen molar-refractivity contribution < 1.29 is 4.79 Å². The molecule has 122 valence electrons. The molecule has 0 fully saturated rings. The lowest BCUT2D eigenvalue weighted by atomic mass is 10.1. The second-order valence-electron chi connectivity index (χ2n) is 5.69. The SMILES string of the molecule is CC(C)C(=O)NC(C)c1nn(Cc2ccccc2)c(N)nc1=O. The average Bonchev–Trinajstić information content (AvgIpc) is 2.50. The molecule has 0 bridgehead atoms. The minimum Gasteiger partial charge on any atom is -0.368 e. The van der Waals surface area contributed by atoms with Crippen LogP contribution < -0.4 is 16.6 Å². The summed E-state index contributed by atoms with van der Waals surface area (Å²) >= 11 is 0. The molecule has 0 saturated heterocycles. The molecule has 7 nitrogen and oxygen atoms in total. The van der Waals surface area contributed by atoms with E-state index in [1.165, 1.54) is 4.68 Å². The van der Waals surface area contributed by atoms with Crippen molar-refractivity contribution in [1.29, 1.82) is 0 Å². The minimum atomic E-state index is -0.535. The molecule has 1 unspecified atom stereocenters. The standard InChI is InChI=1S/C16H21N5O2/c1-10(2)14(22)18-11(3)13-15(23)19-16(17)21(20-13)9-12-7-5-4-6-8-12/h4-8,10-11H,9H2,1-3H3,(H,18,22)(H2,17,19,23). The van der Waals surface area contributed by atoms with E-state index < -0.39 is 11.6 Å². The van der Waals surface area contributed by atoms with Crippen molar-refractivity contribution in [3.05, 3.63) is 51.9 Å². The zero-order valence-electron chi connectivity index (χ0n) is 13.5. The van der Waals surface area contributed by atoms with Gasteiger partial charge in [0.2, 0.25) is 11.9 Å². The number of aromatic nitrogens is 3. The normalized spacial score (nSPS) is 12.2. The maximum atomic E-state index is 12.0. The van der Waals surface area contributed by atoms with Crippen LogP contribution in [0.15, 0.2) is 35.1 Å². The highest BCUT2D eigenvalue weighted by atomic mass is 16.2. The van der Waals surface area contributed by atoms with Gasteiger partial charge < -0.3 is 11.1 Å². The van der Waals surface area contributed by atoms with Crippen LogP contribution in [-0.2, 0) is 11.3 Å². The number of nitrogens with zero attached hydrogens (tertiary/aromatic N) is 3. The van der Waals surface area contributed by atoms with E-state index in [2.05, 4.69) is 15.4 Å². The molecule has 1 aromatic heterocycles. The van der Waals surface area contributed by atoms with Crippen LogP contribution in [0.2, 0.25) is 0 Å².